The summed E-state index contributed by atoms with van der Waals surface area (Å²) in [5, 5.41) is 4.94. The molecule has 1 N–H and O–H groups in total. The van der Waals surface area contributed by atoms with Crippen molar-refractivity contribution in [2.75, 3.05) is 25.9 Å². The average Bonchev–Trinajstić information content (AvgIpc) is 3.17. The van der Waals surface area contributed by atoms with E-state index in [0.717, 1.165) is 41.9 Å². The SMILES string of the molecule is C=CCC(/C=C\CC(=O)NCC(C)C)CN(C)C1=NC([C@@H]2CC=CC=C2Cl)CS1. The zero-order valence-corrected chi connectivity index (χ0v) is 19.4. The summed E-state index contributed by atoms with van der Waals surface area (Å²) in [5.74, 6) is 2.12. The Morgan fingerprint density at radius 3 is 3.00 bits per heavy atom. The molecule has 6 heteroatoms. The van der Waals surface area contributed by atoms with E-state index >= 15 is 0 Å². The van der Waals surface area contributed by atoms with Crippen LogP contribution < -0.4 is 5.32 Å². The van der Waals surface area contributed by atoms with Gasteiger partial charge in [-0.3, -0.25) is 9.79 Å². The van der Waals surface area contributed by atoms with Crippen LogP contribution in [-0.4, -0.2) is 47.9 Å². The third-order valence-corrected chi connectivity index (χ3v) is 6.57. The largest absolute Gasteiger partial charge is 0.356 e. The van der Waals surface area contributed by atoms with Gasteiger partial charge in [0.15, 0.2) is 5.17 Å². The molecule has 0 saturated carbocycles. The molecular weight excluding hydrogens is 402 g/mol. The van der Waals surface area contributed by atoms with Gasteiger partial charge in [0.2, 0.25) is 5.91 Å². The van der Waals surface area contributed by atoms with E-state index in [0.29, 0.717) is 24.2 Å². The first-order valence-corrected chi connectivity index (χ1v) is 11.7. The lowest BCUT2D eigenvalue weighted by Gasteiger charge is -2.23. The van der Waals surface area contributed by atoms with Crippen molar-refractivity contribution in [2.24, 2.45) is 22.7 Å². The summed E-state index contributed by atoms with van der Waals surface area (Å²) in [6.07, 6.45) is 14.5. The molecule has 160 valence electrons. The van der Waals surface area contributed by atoms with Gasteiger partial charge in [0, 0.05) is 43.3 Å². The molecule has 1 aliphatic carbocycles. The monoisotopic (exact) mass is 435 g/mol. The molecule has 2 unspecified atom stereocenters. The lowest BCUT2D eigenvalue weighted by Crippen LogP contribution is -2.29. The van der Waals surface area contributed by atoms with E-state index < -0.39 is 0 Å². The zero-order chi connectivity index (χ0) is 21.2. The molecular formula is C23H34ClN3OS. The quantitative estimate of drug-likeness (QED) is 0.491. The number of amides is 1. The minimum absolute atomic E-state index is 0.0747. The van der Waals surface area contributed by atoms with E-state index in [4.69, 9.17) is 16.6 Å². The molecule has 0 aromatic carbocycles. The fourth-order valence-electron chi connectivity index (χ4n) is 3.37. The van der Waals surface area contributed by atoms with Gasteiger partial charge in [0.25, 0.3) is 0 Å². The van der Waals surface area contributed by atoms with Crippen LogP contribution in [0.3, 0.4) is 0 Å². The van der Waals surface area contributed by atoms with Crippen molar-refractivity contribution >= 4 is 34.4 Å². The normalized spacial score (nSPS) is 22.5. The second kappa shape index (κ2) is 12.3. The summed E-state index contributed by atoms with van der Waals surface area (Å²) in [6, 6.07) is 0.240. The summed E-state index contributed by atoms with van der Waals surface area (Å²) in [6.45, 7) is 9.64. The summed E-state index contributed by atoms with van der Waals surface area (Å²) in [5.41, 5.74) is 0. The number of amidine groups is 1. The lowest BCUT2D eigenvalue weighted by atomic mass is 9.94. The number of hydrogen-bond donors (Lipinski definition) is 1. The molecule has 0 fully saturated rings. The molecule has 0 bridgehead atoms. The van der Waals surface area contributed by atoms with Crippen molar-refractivity contribution < 1.29 is 4.79 Å². The van der Waals surface area contributed by atoms with Crippen LogP contribution in [0.5, 0.6) is 0 Å². The number of nitrogens with zero attached hydrogens (tertiary/aromatic N) is 2. The predicted molar refractivity (Wildman–Crippen MR) is 127 cm³/mol. The number of thioether (sulfide) groups is 1. The molecule has 2 rings (SSSR count). The van der Waals surface area contributed by atoms with Gasteiger partial charge in [-0.05, 0) is 30.8 Å². The second-order valence-electron chi connectivity index (χ2n) is 8.11. The predicted octanol–water partition coefficient (Wildman–Crippen LogP) is 5.00. The van der Waals surface area contributed by atoms with E-state index in [1.165, 1.54) is 0 Å². The van der Waals surface area contributed by atoms with Gasteiger partial charge >= 0.3 is 0 Å². The molecule has 4 nitrogen and oxygen atoms in total. The van der Waals surface area contributed by atoms with E-state index in [-0.39, 0.29) is 11.9 Å². The Morgan fingerprint density at radius 2 is 2.31 bits per heavy atom. The van der Waals surface area contributed by atoms with E-state index in [9.17, 15) is 4.79 Å². The molecule has 2 aliphatic rings. The first-order chi connectivity index (χ1) is 13.9. The molecule has 3 atom stereocenters. The van der Waals surface area contributed by atoms with Crippen molar-refractivity contribution in [3.05, 3.63) is 48.1 Å². The van der Waals surface area contributed by atoms with Gasteiger partial charge in [-0.1, -0.05) is 67.6 Å². The lowest BCUT2D eigenvalue weighted by molar-refractivity contribution is -0.120. The number of aliphatic imine (C=N–C) groups is 1. The second-order valence-corrected chi connectivity index (χ2v) is 9.53. The first kappa shape index (κ1) is 23.8. The van der Waals surface area contributed by atoms with Crippen molar-refractivity contribution in [2.45, 2.75) is 39.2 Å². The molecule has 1 aliphatic heterocycles. The van der Waals surface area contributed by atoms with Crippen LogP contribution in [0.4, 0.5) is 0 Å². The topological polar surface area (TPSA) is 44.7 Å². The third-order valence-electron chi connectivity index (χ3n) is 4.98. The molecule has 0 aromatic heterocycles. The minimum Gasteiger partial charge on any atom is -0.356 e. The summed E-state index contributed by atoms with van der Waals surface area (Å²) < 4.78 is 0. The Balaban J connectivity index is 1.87. The average molecular weight is 436 g/mol. The highest BCUT2D eigenvalue weighted by Crippen LogP contribution is 2.34. The number of hydrogen-bond acceptors (Lipinski definition) is 4. The first-order valence-electron chi connectivity index (χ1n) is 10.4. The number of nitrogens with one attached hydrogen (secondary N) is 1. The Morgan fingerprint density at radius 1 is 1.52 bits per heavy atom. The smallest absolute Gasteiger partial charge is 0.223 e. The number of carbonyl (C=O) groups is 1. The van der Waals surface area contributed by atoms with Crippen LogP contribution in [-0.2, 0) is 4.79 Å². The summed E-state index contributed by atoms with van der Waals surface area (Å²) >= 11 is 8.21. The number of carbonyl (C=O) groups excluding carboxylic acids is 1. The number of rotatable bonds is 10. The zero-order valence-electron chi connectivity index (χ0n) is 17.8. The van der Waals surface area contributed by atoms with Gasteiger partial charge in [0.05, 0.1) is 6.04 Å². The Kier molecular flexibility index (Phi) is 10.1. The maximum atomic E-state index is 11.9. The summed E-state index contributed by atoms with van der Waals surface area (Å²) in [4.78, 5) is 19.1. The van der Waals surface area contributed by atoms with Crippen LogP contribution in [0.25, 0.3) is 0 Å². The highest BCUT2D eigenvalue weighted by Gasteiger charge is 2.30. The standard InChI is InChI=1S/C23H34ClN3OS/c1-5-9-18(10-8-13-22(28)25-14-17(2)3)15-27(4)23-26-21(16-29-23)19-11-6-7-12-20(19)24/h5-8,10,12,17-19,21H,1,9,11,13-16H2,2-4H3,(H,25,28)/b10-8-/t18?,19-,21?/m1/s1. The van der Waals surface area contributed by atoms with Crippen LogP contribution in [0.15, 0.2) is 53.1 Å². The Bertz CT molecular complexity index is 684. The van der Waals surface area contributed by atoms with Gasteiger partial charge in [-0.25, -0.2) is 0 Å². The molecule has 1 heterocycles. The molecule has 1 amide bonds. The van der Waals surface area contributed by atoms with E-state index in [1.54, 1.807) is 11.8 Å². The summed E-state index contributed by atoms with van der Waals surface area (Å²) in [7, 11) is 2.09. The molecule has 0 saturated heterocycles. The van der Waals surface area contributed by atoms with E-state index in [1.807, 2.05) is 24.3 Å². The molecule has 0 spiro atoms. The van der Waals surface area contributed by atoms with Gasteiger partial charge in [0.1, 0.15) is 0 Å². The van der Waals surface area contributed by atoms with Crippen molar-refractivity contribution in [3.8, 4) is 0 Å². The van der Waals surface area contributed by atoms with Crippen LogP contribution in [0, 0.1) is 17.8 Å². The van der Waals surface area contributed by atoms with Gasteiger partial charge in [-0.15, -0.1) is 6.58 Å². The fourth-order valence-corrected chi connectivity index (χ4v) is 4.81. The van der Waals surface area contributed by atoms with Crippen LogP contribution in [0.1, 0.15) is 33.1 Å². The number of allylic oxidation sites excluding steroid dienone is 4. The highest BCUT2D eigenvalue weighted by molar-refractivity contribution is 8.14. The highest BCUT2D eigenvalue weighted by atomic mass is 35.5. The van der Waals surface area contributed by atoms with Gasteiger partial charge in [-0.2, -0.15) is 0 Å². The minimum atomic E-state index is 0.0747. The number of halogens is 1. The Labute approximate surface area is 185 Å². The third kappa shape index (κ3) is 8.06. The van der Waals surface area contributed by atoms with Crippen molar-refractivity contribution in [3.63, 3.8) is 0 Å². The Hall–Kier alpha value is -1.46. The molecule has 29 heavy (non-hydrogen) atoms. The van der Waals surface area contributed by atoms with Crippen molar-refractivity contribution in [1.82, 2.24) is 10.2 Å². The molecule has 0 aromatic rings. The maximum Gasteiger partial charge on any atom is 0.223 e. The van der Waals surface area contributed by atoms with Crippen molar-refractivity contribution in [1.29, 1.82) is 0 Å². The van der Waals surface area contributed by atoms with Gasteiger partial charge < -0.3 is 10.2 Å². The van der Waals surface area contributed by atoms with Crippen LogP contribution in [0.2, 0.25) is 0 Å². The molecule has 0 radical (unpaired) electrons. The maximum absolute atomic E-state index is 11.9. The van der Waals surface area contributed by atoms with E-state index in [2.05, 4.69) is 49.8 Å². The fraction of sp³-hybridized carbons (Fsp3) is 0.565. The van der Waals surface area contributed by atoms with Crippen LogP contribution >= 0.6 is 23.4 Å².